The molecule has 1 aliphatic carbocycles. The number of aromatic nitrogens is 2. The third-order valence-corrected chi connectivity index (χ3v) is 5.19. The predicted octanol–water partition coefficient (Wildman–Crippen LogP) is 4.71. The lowest BCUT2D eigenvalue weighted by molar-refractivity contribution is 0.129. The molecule has 0 radical (unpaired) electrons. The van der Waals surface area contributed by atoms with Crippen LogP contribution in [0.25, 0.3) is 0 Å². The number of halogens is 1. The molecule has 7 heteroatoms. The maximum atomic E-state index is 13.9. The van der Waals surface area contributed by atoms with E-state index >= 15 is 0 Å². The van der Waals surface area contributed by atoms with Gasteiger partial charge in [0.05, 0.1) is 17.3 Å². The van der Waals surface area contributed by atoms with Gasteiger partial charge < -0.3 is 4.74 Å². The number of nitrogens with zero attached hydrogens (tertiary/aromatic N) is 2. The van der Waals surface area contributed by atoms with Gasteiger partial charge in [0, 0.05) is 11.5 Å². The van der Waals surface area contributed by atoms with E-state index in [-0.39, 0.29) is 17.6 Å². The highest BCUT2D eigenvalue weighted by molar-refractivity contribution is 7.18. The van der Waals surface area contributed by atoms with Crippen molar-refractivity contribution in [2.75, 3.05) is 5.32 Å². The quantitative estimate of drug-likeness (QED) is 0.776. The smallest absolute Gasteiger partial charge is 0.413 e. The Morgan fingerprint density at radius 3 is 2.58 bits per heavy atom. The van der Waals surface area contributed by atoms with Crippen LogP contribution in [0.4, 0.5) is 15.0 Å². The Balaban J connectivity index is 2.36. The van der Waals surface area contributed by atoms with Crippen LogP contribution in [0.3, 0.4) is 0 Å². The summed E-state index contributed by atoms with van der Waals surface area (Å²) in [6.07, 6.45) is 1.04. The summed E-state index contributed by atoms with van der Waals surface area (Å²) in [7, 11) is 2.28. The van der Waals surface area contributed by atoms with Crippen molar-refractivity contribution in [3.05, 3.63) is 11.3 Å². The standard InChI is InChI=1S/C17H29FN3O2P/c1-7-16(5,6)21-14(19-15(22)23-10(2)3)11(4)13(20-21)12-8-17(18,24)9-12/h10,12H,7-9,24H2,1-6H3,(H,19,22). The molecule has 5 nitrogen and oxygen atoms in total. The van der Waals surface area contributed by atoms with E-state index in [9.17, 15) is 9.18 Å². The molecular weight excluding hydrogens is 328 g/mol. The third kappa shape index (κ3) is 3.90. The maximum Gasteiger partial charge on any atom is 0.413 e. The maximum absolute atomic E-state index is 13.9. The van der Waals surface area contributed by atoms with Gasteiger partial charge in [-0.25, -0.2) is 13.9 Å². The van der Waals surface area contributed by atoms with Crippen LogP contribution in [-0.4, -0.2) is 27.4 Å². The Kier molecular flexibility index (Phi) is 5.29. The van der Waals surface area contributed by atoms with Crippen molar-refractivity contribution in [3.63, 3.8) is 0 Å². The van der Waals surface area contributed by atoms with E-state index in [0.29, 0.717) is 18.7 Å². The number of ether oxygens (including phenoxy) is 1. The van der Waals surface area contributed by atoms with Gasteiger partial charge in [0.15, 0.2) is 0 Å². The molecule has 24 heavy (non-hydrogen) atoms. The molecule has 2 rings (SSSR count). The average Bonchev–Trinajstić information content (AvgIpc) is 2.73. The van der Waals surface area contributed by atoms with E-state index < -0.39 is 11.5 Å². The topological polar surface area (TPSA) is 56.2 Å². The Hall–Kier alpha value is -1.16. The molecule has 1 aliphatic rings. The van der Waals surface area contributed by atoms with Gasteiger partial charge in [-0.2, -0.15) is 5.10 Å². The summed E-state index contributed by atoms with van der Waals surface area (Å²) in [5, 5.41) is 6.39. The van der Waals surface area contributed by atoms with E-state index in [2.05, 4.69) is 35.3 Å². The molecule has 1 N–H and O–H groups in total. The number of rotatable bonds is 5. The van der Waals surface area contributed by atoms with Gasteiger partial charge in [0.1, 0.15) is 11.2 Å². The Labute approximate surface area is 145 Å². The van der Waals surface area contributed by atoms with Crippen molar-refractivity contribution in [2.45, 2.75) is 83.8 Å². The first kappa shape index (κ1) is 19.2. The summed E-state index contributed by atoms with van der Waals surface area (Å²) in [4.78, 5) is 12.1. The zero-order valence-electron chi connectivity index (χ0n) is 15.4. The molecular formula is C17H29FN3O2P. The SMILES string of the molecule is CCC(C)(C)n1nc(C2CC(F)(P)C2)c(C)c1NC(=O)OC(C)C. The highest BCUT2D eigenvalue weighted by Crippen LogP contribution is 2.52. The van der Waals surface area contributed by atoms with Crippen LogP contribution in [0.5, 0.6) is 0 Å². The van der Waals surface area contributed by atoms with Gasteiger partial charge in [-0.3, -0.25) is 5.32 Å². The first-order valence-electron chi connectivity index (χ1n) is 8.52. The highest BCUT2D eigenvalue weighted by Gasteiger charge is 2.44. The zero-order valence-corrected chi connectivity index (χ0v) is 16.6. The highest BCUT2D eigenvalue weighted by atomic mass is 31.0. The van der Waals surface area contributed by atoms with Crippen molar-refractivity contribution in [1.82, 2.24) is 9.78 Å². The molecule has 1 fully saturated rings. The Morgan fingerprint density at radius 1 is 1.54 bits per heavy atom. The second-order valence-electron chi connectivity index (χ2n) is 7.66. The molecule has 136 valence electrons. The van der Waals surface area contributed by atoms with Gasteiger partial charge in [-0.15, -0.1) is 0 Å². The molecule has 0 aromatic carbocycles. The Morgan fingerprint density at radius 2 is 2.12 bits per heavy atom. The van der Waals surface area contributed by atoms with Gasteiger partial charge >= 0.3 is 6.09 Å². The molecule has 1 unspecified atom stereocenters. The Bertz CT molecular complexity index is 618. The van der Waals surface area contributed by atoms with E-state index in [4.69, 9.17) is 9.84 Å². The number of nitrogens with one attached hydrogen (secondary N) is 1. The fourth-order valence-corrected chi connectivity index (χ4v) is 3.50. The van der Waals surface area contributed by atoms with Crippen LogP contribution in [0.15, 0.2) is 0 Å². The number of carbonyl (C=O) groups is 1. The summed E-state index contributed by atoms with van der Waals surface area (Å²) in [5.41, 5.74) is 1.50. The number of hydrogen-bond donors (Lipinski definition) is 1. The molecule has 1 atom stereocenters. The second kappa shape index (κ2) is 6.62. The molecule has 1 aromatic heterocycles. The van der Waals surface area contributed by atoms with Crippen molar-refractivity contribution in [3.8, 4) is 0 Å². The summed E-state index contributed by atoms with van der Waals surface area (Å²) in [6.45, 7) is 11.7. The third-order valence-electron chi connectivity index (χ3n) is 4.72. The fourth-order valence-electron chi connectivity index (χ4n) is 2.93. The van der Waals surface area contributed by atoms with Gasteiger partial charge in [0.25, 0.3) is 0 Å². The second-order valence-corrected chi connectivity index (χ2v) is 8.69. The van der Waals surface area contributed by atoms with E-state index in [1.165, 1.54) is 0 Å². The summed E-state index contributed by atoms with van der Waals surface area (Å²) in [6, 6.07) is 0. The summed E-state index contributed by atoms with van der Waals surface area (Å²) in [5.74, 6) is 0.727. The lowest BCUT2D eigenvalue weighted by Gasteiger charge is -2.37. The van der Waals surface area contributed by atoms with Crippen LogP contribution < -0.4 is 5.32 Å². The lowest BCUT2D eigenvalue weighted by atomic mass is 9.79. The minimum atomic E-state index is -1.19. The van der Waals surface area contributed by atoms with Gasteiger partial charge in [0.2, 0.25) is 0 Å². The minimum Gasteiger partial charge on any atom is -0.447 e. The molecule has 1 amide bonds. The minimum absolute atomic E-state index is 0.0862. The lowest BCUT2D eigenvalue weighted by Crippen LogP contribution is -2.33. The van der Waals surface area contributed by atoms with Crippen LogP contribution >= 0.6 is 9.24 Å². The van der Waals surface area contributed by atoms with Gasteiger partial charge in [-0.1, -0.05) is 16.2 Å². The van der Waals surface area contributed by atoms with E-state index in [1.807, 2.05) is 11.6 Å². The first-order valence-corrected chi connectivity index (χ1v) is 9.10. The van der Waals surface area contributed by atoms with Gasteiger partial charge in [-0.05, 0) is 53.9 Å². The molecule has 0 spiro atoms. The molecule has 0 bridgehead atoms. The monoisotopic (exact) mass is 357 g/mol. The van der Waals surface area contributed by atoms with Crippen LogP contribution in [0.1, 0.15) is 71.1 Å². The summed E-state index contributed by atoms with van der Waals surface area (Å²) >= 11 is 0. The molecule has 0 saturated heterocycles. The van der Waals surface area contributed by atoms with Crippen molar-refractivity contribution >= 4 is 21.2 Å². The normalized spacial score (nSPS) is 24.0. The van der Waals surface area contributed by atoms with Crippen molar-refractivity contribution < 1.29 is 13.9 Å². The number of alkyl halides is 1. The zero-order chi connectivity index (χ0) is 18.3. The fraction of sp³-hybridized carbons (Fsp3) is 0.765. The number of carbonyl (C=O) groups excluding carboxylic acids is 1. The van der Waals surface area contributed by atoms with Crippen molar-refractivity contribution in [1.29, 1.82) is 0 Å². The largest absolute Gasteiger partial charge is 0.447 e. The molecule has 1 saturated carbocycles. The predicted molar refractivity (Wildman–Crippen MR) is 97.3 cm³/mol. The molecule has 1 aromatic rings. The van der Waals surface area contributed by atoms with Crippen LogP contribution in [0, 0.1) is 6.92 Å². The number of amides is 1. The van der Waals surface area contributed by atoms with Crippen LogP contribution in [0.2, 0.25) is 0 Å². The summed E-state index contributed by atoms with van der Waals surface area (Å²) < 4.78 is 20.9. The first-order chi connectivity index (χ1) is 11.0. The average molecular weight is 357 g/mol. The molecule has 1 heterocycles. The van der Waals surface area contributed by atoms with E-state index in [1.54, 1.807) is 13.8 Å². The number of anilines is 1. The number of hydrogen-bond acceptors (Lipinski definition) is 3. The van der Waals surface area contributed by atoms with Crippen LogP contribution in [-0.2, 0) is 10.3 Å². The van der Waals surface area contributed by atoms with E-state index in [0.717, 1.165) is 17.7 Å². The van der Waals surface area contributed by atoms with Crippen molar-refractivity contribution in [2.24, 2.45) is 0 Å². The molecule has 0 aliphatic heterocycles.